The number of esters is 1. The van der Waals surface area contributed by atoms with Crippen LogP contribution in [0.5, 0.6) is 0 Å². The maximum Gasteiger partial charge on any atom is 0.337 e. The van der Waals surface area contributed by atoms with Crippen molar-refractivity contribution in [3.8, 4) is 0 Å². The van der Waals surface area contributed by atoms with Gasteiger partial charge in [-0.05, 0) is 6.42 Å². The van der Waals surface area contributed by atoms with Gasteiger partial charge in [0.2, 0.25) is 0 Å². The van der Waals surface area contributed by atoms with Crippen LogP contribution < -0.4 is 5.32 Å². The van der Waals surface area contributed by atoms with Gasteiger partial charge in [0.05, 0.1) is 7.11 Å². The summed E-state index contributed by atoms with van der Waals surface area (Å²) in [6.07, 6.45) is 7.89. The van der Waals surface area contributed by atoms with Crippen LogP contribution in [0.4, 0.5) is 0 Å². The molecule has 0 bridgehead atoms. The average Bonchev–Trinajstić information content (AvgIpc) is 2.73. The van der Waals surface area contributed by atoms with Crippen molar-refractivity contribution in [3.05, 3.63) is 0 Å². The number of rotatable bonds is 12. The molecule has 0 spiro atoms. The van der Waals surface area contributed by atoms with Crippen LogP contribution in [-0.4, -0.2) is 63.5 Å². The van der Waals surface area contributed by atoms with E-state index in [1.165, 1.54) is 52.1 Å². The van der Waals surface area contributed by atoms with Gasteiger partial charge in [0.25, 0.3) is 5.91 Å². The topological polar surface area (TPSA) is 92.3 Å². The molecule has 2 rings (SSSR count). The van der Waals surface area contributed by atoms with Crippen LogP contribution in [0.25, 0.3) is 0 Å². The van der Waals surface area contributed by atoms with Crippen molar-refractivity contribution in [3.63, 3.8) is 0 Å². The molecule has 8 heteroatoms. The molecule has 1 N–H and O–H groups in total. The highest BCUT2D eigenvalue weighted by molar-refractivity contribution is 5.82. The highest BCUT2D eigenvalue weighted by atomic mass is 16.8. The number of carbonyl (C=O) groups is 2. The minimum atomic E-state index is -0.916. The third-order valence-corrected chi connectivity index (χ3v) is 5.21. The van der Waals surface area contributed by atoms with Crippen LogP contribution in [0, 0.1) is 0 Å². The number of carbonyl (C=O) groups excluding carboxylic acids is 2. The number of amides is 1. The summed E-state index contributed by atoms with van der Waals surface area (Å²) in [5.41, 5.74) is 0. The van der Waals surface area contributed by atoms with E-state index in [0.717, 1.165) is 12.8 Å². The van der Waals surface area contributed by atoms with Gasteiger partial charge >= 0.3 is 5.97 Å². The number of nitrogens with one attached hydrogen (secondary N) is 1. The molecule has 0 saturated carbocycles. The molecule has 2 aliphatic rings. The lowest BCUT2D eigenvalue weighted by atomic mass is 10.00. The van der Waals surface area contributed by atoms with Crippen molar-refractivity contribution >= 4 is 11.9 Å². The summed E-state index contributed by atoms with van der Waals surface area (Å²) in [5, 5.41) is 2.91. The first-order valence-electron chi connectivity index (χ1n) is 10.5. The van der Waals surface area contributed by atoms with Crippen molar-refractivity contribution in [2.75, 3.05) is 27.2 Å². The fraction of sp³-hybridized carbons (Fsp3) is 0.900. The summed E-state index contributed by atoms with van der Waals surface area (Å²) < 4.78 is 26.4. The molecule has 8 nitrogen and oxygen atoms in total. The molecule has 1 amide bonds. The minimum absolute atomic E-state index is 0.0997. The highest BCUT2D eigenvalue weighted by Crippen LogP contribution is 2.26. The van der Waals surface area contributed by atoms with E-state index >= 15 is 0 Å². The maximum absolute atomic E-state index is 12.5. The Morgan fingerprint density at radius 1 is 0.821 bits per heavy atom. The lowest BCUT2D eigenvalue weighted by Gasteiger charge is -2.42. The molecule has 2 saturated heterocycles. The van der Waals surface area contributed by atoms with Crippen LogP contribution in [0.3, 0.4) is 0 Å². The largest absolute Gasteiger partial charge is 0.467 e. The molecule has 0 aliphatic carbocycles. The fourth-order valence-electron chi connectivity index (χ4n) is 3.57. The van der Waals surface area contributed by atoms with E-state index in [2.05, 4.69) is 12.2 Å². The minimum Gasteiger partial charge on any atom is -0.467 e. The quantitative estimate of drug-likeness (QED) is 0.396. The zero-order chi connectivity index (χ0) is 20.2. The van der Waals surface area contributed by atoms with Gasteiger partial charge in [0.1, 0.15) is 25.8 Å². The predicted molar refractivity (Wildman–Crippen MR) is 101 cm³/mol. The van der Waals surface area contributed by atoms with Gasteiger partial charge < -0.3 is 29.0 Å². The summed E-state index contributed by atoms with van der Waals surface area (Å²) >= 11 is 0. The first kappa shape index (κ1) is 23.1. The normalized spacial score (nSPS) is 27.1. The van der Waals surface area contributed by atoms with Crippen LogP contribution in [0.15, 0.2) is 0 Å². The molecule has 2 fully saturated rings. The van der Waals surface area contributed by atoms with Gasteiger partial charge in [0, 0.05) is 6.54 Å². The van der Waals surface area contributed by atoms with Gasteiger partial charge in [-0.15, -0.1) is 0 Å². The molecule has 28 heavy (non-hydrogen) atoms. The zero-order valence-corrected chi connectivity index (χ0v) is 17.2. The fourth-order valence-corrected chi connectivity index (χ4v) is 3.57. The molecule has 2 heterocycles. The van der Waals surface area contributed by atoms with Gasteiger partial charge in [-0.3, -0.25) is 4.79 Å². The molecule has 4 atom stereocenters. The Balaban J connectivity index is 1.64. The van der Waals surface area contributed by atoms with Crippen molar-refractivity contribution in [2.24, 2.45) is 0 Å². The number of unbranched alkanes of at least 4 members (excludes halogenated alkanes) is 8. The first-order chi connectivity index (χ1) is 13.7. The second-order valence-corrected chi connectivity index (χ2v) is 7.32. The Morgan fingerprint density at radius 3 is 1.96 bits per heavy atom. The van der Waals surface area contributed by atoms with Gasteiger partial charge in [-0.2, -0.15) is 0 Å². The number of hydrogen-bond acceptors (Lipinski definition) is 7. The molecule has 0 radical (unpaired) electrons. The van der Waals surface area contributed by atoms with Crippen molar-refractivity contribution in [2.45, 2.75) is 89.1 Å². The zero-order valence-electron chi connectivity index (χ0n) is 17.2. The van der Waals surface area contributed by atoms with Crippen molar-refractivity contribution < 1.29 is 33.3 Å². The highest BCUT2D eigenvalue weighted by Gasteiger charge is 2.49. The second kappa shape index (κ2) is 13.1. The molecule has 0 aromatic heterocycles. The summed E-state index contributed by atoms with van der Waals surface area (Å²) in [4.78, 5) is 24.4. The predicted octanol–water partition coefficient (Wildman–Crippen LogP) is 2.29. The maximum atomic E-state index is 12.5. The third-order valence-electron chi connectivity index (χ3n) is 5.21. The summed E-state index contributed by atoms with van der Waals surface area (Å²) in [6.45, 7) is 2.61. The average molecular weight is 402 g/mol. The Bertz CT molecular complexity index is 473. The SMILES string of the molecule is CCCCCCCCCCCNC(=O)[C@H]1OCO[C@H]2[C@@H]1OCO[C@H]2C(=O)OC. The van der Waals surface area contributed by atoms with E-state index in [-0.39, 0.29) is 19.5 Å². The Morgan fingerprint density at radius 2 is 1.36 bits per heavy atom. The van der Waals surface area contributed by atoms with E-state index < -0.39 is 30.4 Å². The smallest absolute Gasteiger partial charge is 0.337 e. The summed E-state index contributed by atoms with van der Waals surface area (Å²) in [6, 6.07) is 0. The molecule has 162 valence electrons. The standard InChI is InChI=1S/C20H35NO7/c1-3-4-5-6-7-8-9-10-11-12-21-19(22)17-15-16(26-13-27-17)18(20(23)24-2)28-14-25-15/h15-18H,3-14H2,1-2H3,(H,21,22)/t15-,16-,17-,18+/m0/s1. The molecule has 2 aliphatic heterocycles. The van der Waals surface area contributed by atoms with Crippen LogP contribution >= 0.6 is 0 Å². The van der Waals surface area contributed by atoms with Crippen LogP contribution in [-0.2, 0) is 33.3 Å². The van der Waals surface area contributed by atoms with E-state index in [0.29, 0.717) is 6.54 Å². The molecular weight excluding hydrogens is 366 g/mol. The number of hydrogen-bond donors (Lipinski definition) is 1. The molecule has 0 aromatic carbocycles. The number of methoxy groups -OCH3 is 1. The van der Waals surface area contributed by atoms with Crippen molar-refractivity contribution in [1.82, 2.24) is 5.32 Å². The lowest BCUT2D eigenvalue weighted by molar-refractivity contribution is -0.314. The Labute approximate surface area is 167 Å². The molecule has 0 unspecified atom stereocenters. The third kappa shape index (κ3) is 6.99. The summed E-state index contributed by atoms with van der Waals surface area (Å²) in [5.74, 6) is -0.794. The van der Waals surface area contributed by atoms with Crippen LogP contribution in [0.1, 0.15) is 64.7 Å². The summed E-state index contributed by atoms with van der Waals surface area (Å²) in [7, 11) is 1.28. The lowest BCUT2D eigenvalue weighted by Crippen LogP contribution is -2.62. The Kier molecular flexibility index (Phi) is 10.8. The van der Waals surface area contributed by atoms with Crippen molar-refractivity contribution in [1.29, 1.82) is 0 Å². The first-order valence-corrected chi connectivity index (χ1v) is 10.5. The number of fused-ring (bicyclic) bond motifs is 1. The molecule has 0 aromatic rings. The van der Waals surface area contributed by atoms with Gasteiger partial charge in [0.15, 0.2) is 12.2 Å². The molecular formula is C20H35NO7. The van der Waals surface area contributed by atoms with E-state index in [1.54, 1.807) is 0 Å². The monoisotopic (exact) mass is 401 g/mol. The second-order valence-electron chi connectivity index (χ2n) is 7.32. The number of ether oxygens (including phenoxy) is 5. The van der Waals surface area contributed by atoms with E-state index in [9.17, 15) is 9.59 Å². The Hall–Kier alpha value is -1.22. The van der Waals surface area contributed by atoms with Crippen LogP contribution in [0.2, 0.25) is 0 Å². The van der Waals surface area contributed by atoms with E-state index in [4.69, 9.17) is 23.7 Å². The van der Waals surface area contributed by atoms with Gasteiger partial charge in [-0.1, -0.05) is 58.3 Å². The van der Waals surface area contributed by atoms with Gasteiger partial charge in [-0.25, -0.2) is 4.79 Å². The van der Waals surface area contributed by atoms with E-state index in [1.807, 2.05) is 0 Å².